The van der Waals surface area contributed by atoms with Crippen LogP contribution in [-0.4, -0.2) is 22.5 Å². The standard InChI is InChI=1S/C2H4OSi2/c3-5-2-1-4-5/h1,4H,2H2. The highest BCUT2D eigenvalue weighted by Crippen LogP contribution is 1.78. The van der Waals surface area contributed by atoms with E-state index in [1.54, 1.807) is 0 Å². The van der Waals surface area contributed by atoms with Crippen LogP contribution < -0.4 is 0 Å². The van der Waals surface area contributed by atoms with Crippen molar-refractivity contribution in [2.75, 3.05) is 0 Å². The molecule has 26 valence electrons. The smallest absolute Gasteiger partial charge is 0.276 e. The second-order valence-corrected chi connectivity index (χ2v) is 6.15. The molecule has 5 heavy (non-hydrogen) atoms. The van der Waals surface area contributed by atoms with E-state index in [-0.39, 0.29) is 0 Å². The molecule has 0 radical (unpaired) electrons. The average molecular weight is 100 g/mol. The van der Waals surface area contributed by atoms with Crippen molar-refractivity contribution in [2.24, 2.45) is 0 Å². The molecular weight excluding hydrogens is 96.2 g/mol. The zero-order valence-electron chi connectivity index (χ0n) is 2.77. The van der Waals surface area contributed by atoms with Gasteiger partial charge in [-0.05, 0) is 0 Å². The van der Waals surface area contributed by atoms with Gasteiger partial charge in [0.2, 0.25) is 0 Å². The first-order valence-electron chi connectivity index (χ1n) is 1.59. The summed E-state index contributed by atoms with van der Waals surface area (Å²) in [5, 5.41) is 0. The Labute approximate surface area is 33.9 Å². The van der Waals surface area contributed by atoms with Crippen LogP contribution >= 0.6 is 0 Å². The maximum Gasteiger partial charge on any atom is 0.276 e. The van der Waals surface area contributed by atoms with Crippen LogP contribution in [0.3, 0.4) is 0 Å². The number of hydrogen-bond acceptors (Lipinski definition) is 1. The van der Waals surface area contributed by atoms with Gasteiger partial charge < -0.3 is 4.46 Å². The molecule has 0 amide bonds. The highest BCUT2D eigenvalue weighted by Gasteiger charge is 2.02. The third-order valence-corrected chi connectivity index (χ3v) is 5.11. The van der Waals surface area contributed by atoms with Crippen LogP contribution in [-0.2, 0) is 4.46 Å². The van der Waals surface area contributed by atoms with Gasteiger partial charge in [0.05, 0.1) is 0 Å². The summed E-state index contributed by atoms with van der Waals surface area (Å²) in [6.07, 6.45) is 0. The lowest BCUT2D eigenvalue weighted by atomic mass is 11.0. The minimum absolute atomic E-state index is 0.333. The van der Waals surface area contributed by atoms with Gasteiger partial charge in [-0.3, -0.25) is 0 Å². The molecule has 0 atom stereocenters. The van der Waals surface area contributed by atoms with E-state index >= 15 is 0 Å². The van der Waals surface area contributed by atoms with Gasteiger partial charge >= 0.3 is 0 Å². The number of rotatable bonds is 0. The predicted molar refractivity (Wildman–Crippen MR) is 24.5 cm³/mol. The van der Waals surface area contributed by atoms with Gasteiger partial charge in [0.25, 0.3) is 8.20 Å². The molecular formula is C2H4OSi2. The highest BCUT2D eigenvalue weighted by atomic mass is 29.2. The first-order valence-corrected chi connectivity index (χ1v) is 5.68. The molecule has 1 heterocycles. The monoisotopic (exact) mass is 100.0 g/mol. The summed E-state index contributed by atoms with van der Waals surface area (Å²) in [5.74, 6) is 0. The summed E-state index contributed by atoms with van der Waals surface area (Å²) in [7, 11) is -0.582. The van der Waals surface area contributed by atoms with Crippen molar-refractivity contribution in [2.45, 2.75) is 6.04 Å². The van der Waals surface area contributed by atoms with E-state index in [4.69, 9.17) is 0 Å². The third-order valence-electron chi connectivity index (χ3n) is 0.623. The molecule has 0 unspecified atom stereocenters. The fraction of sp³-hybridized carbons (Fsp3) is 0.500. The van der Waals surface area contributed by atoms with E-state index in [0.29, 0.717) is 8.65 Å². The number of hydrogen-bond donors (Lipinski definition) is 0. The van der Waals surface area contributed by atoms with Crippen LogP contribution in [0.1, 0.15) is 0 Å². The zero-order chi connectivity index (χ0) is 3.70. The Hall–Kier alpha value is 0.104. The molecule has 0 aromatic heterocycles. The molecule has 1 rings (SSSR count). The molecule has 1 aliphatic rings. The van der Waals surface area contributed by atoms with Crippen molar-refractivity contribution in [3.8, 4) is 0 Å². The van der Waals surface area contributed by atoms with E-state index in [1.165, 1.54) is 0 Å². The van der Waals surface area contributed by atoms with E-state index in [2.05, 4.69) is 5.67 Å². The molecule has 0 aliphatic carbocycles. The Kier molecular flexibility index (Phi) is 0.700. The Morgan fingerprint density at radius 3 is 2.40 bits per heavy atom. The Bertz CT molecular complexity index is 85.6. The van der Waals surface area contributed by atoms with Gasteiger partial charge in [-0.2, -0.15) is 0 Å². The minimum atomic E-state index is -0.916. The molecule has 0 aromatic carbocycles. The van der Waals surface area contributed by atoms with Crippen LogP contribution in [0, 0.1) is 0 Å². The summed E-state index contributed by atoms with van der Waals surface area (Å²) in [6.45, 7) is 0. The van der Waals surface area contributed by atoms with Gasteiger partial charge in [0.1, 0.15) is 0 Å². The second-order valence-electron chi connectivity index (χ2n) is 1.07. The first kappa shape index (κ1) is 3.30. The van der Waals surface area contributed by atoms with Gasteiger partial charge in [-0.15, -0.1) is 0 Å². The maximum absolute atomic E-state index is 10.1. The lowest BCUT2D eigenvalue weighted by Crippen LogP contribution is -2.16. The molecule has 0 saturated heterocycles. The molecule has 0 bridgehead atoms. The topological polar surface area (TPSA) is 17.1 Å². The lowest BCUT2D eigenvalue weighted by Gasteiger charge is -1.89. The molecule has 0 fully saturated rings. The highest BCUT2D eigenvalue weighted by molar-refractivity contribution is 7.14. The fourth-order valence-electron chi connectivity index (χ4n) is 0.214. The van der Waals surface area contributed by atoms with Crippen LogP contribution in [0.25, 0.3) is 0 Å². The molecule has 1 aliphatic heterocycles. The van der Waals surface area contributed by atoms with E-state index in [1.807, 2.05) is 0 Å². The molecule has 1 nitrogen and oxygen atoms in total. The molecule has 0 aromatic rings. The lowest BCUT2D eigenvalue weighted by molar-refractivity contribution is 0.574. The van der Waals surface area contributed by atoms with Crippen LogP contribution in [0.4, 0.5) is 0 Å². The third kappa shape index (κ3) is 0.488. The normalized spacial score (nSPS) is 18.8. The second kappa shape index (κ2) is 1.06. The molecule has 3 heteroatoms. The van der Waals surface area contributed by atoms with Crippen molar-refractivity contribution in [3.05, 3.63) is 0 Å². The summed E-state index contributed by atoms with van der Waals surface area (Å²) < 4.78 is 10.1. The minimum Gasteiger partial charge on any atom is -0.389 e. The van der Waals surface area contributed by atoms with Crippen molar-refractivity contribution in [1.29, 1.82) is 0 Å². The van der Waals surface area contributed by atoms with E-state index in [0.717, 1.165) is 6.04 Å². The predicted octanol–water partition coefficient (Wildman–Crippen LogP) is -0.843. The fourth-order valence-corrected chi connectivity index (χ4v) is 1.93. The molecule has 0 saturated carbocycles. The van der Waals surface area contributed by atoms with E-state index in [9.17, 15) is 4.46 Å². The zero-order valence-corrected chi connectivity index (χ0v) is 4.92. The van der Waals surface area contributed by atoms with Crippen molar-refractivity contribution < 1.29 is 4.46 Å². The van der Waals surface area contributed by atoms with Crippen LogP contribution in [0.5, 0.6) is 0 Å². The van der Waals surface area contributed by atoms with Crippen molar-refractivity contribution in [3.63, 3.8) is 0 Å². The molecule has 0 N–H and O–H groups in total. The van der Waals surface area contributed by atoms with Gasteiger partial charge in [-0.1, -0.05) is 5.67 Å². The van der Waals surface area contributed by atoms with Gasteiger partial charge in [0.15, 0.2) is 0 Å². The first-order chi connectivity index (χ1) is 2.39. The van der Waals surface area contributed by atoms with Crippen LogP contribution in [0.15, 0.2) is 0 Å². The summed E-state index contributed by atoms with van der Waals surface area (Å²) in [6, 6.07) is 0.944. The van der Waals surface area contributed by atoms with E-state index < -0.39 is 8.20 Å². The Morgan fingerprint density at radius 1 is 2.00 bits per heavy atom. The largest absolute Gasteiger partial charge is 0.389 e. The van der Waals surface area contributed by atoms with Crippen molar-refractivity contribution >= 4 is 22.5 Å². The quantitative estimate of drug-likeness (QED) is 0.363. The van der Waals surface area contributed by atoms with Crippen LogP contribution in [0.2, 0.25) is 6.04 Å². The summed E-state index contributed by atoms with van der Waals surface area (Å²) >= 11 is 0. The summed E-state index contributed by atoms with van der Waals surface area (Å²) in [4.78, 5) is 0. The van der Waals surface area contributed by atoms with Gasteiger partial charge in [-0.25, -0.2) is 0 Å². The SMILES string of the molecule is O=[Si]1CC=[SiH]1. The summed E-state index contributed by atoms with van der Waals surface area (Å²) in [5.41, 5.74) is 2.14. The van der Waals surface area contributed by atoms with Gasteiger partial charge in [0, 0.05) is 14.7 Å². The Morgan fingerprint density at radius 2 is 2.40 bits per heavy atom. The molecule has 0 spiro atoms. The maximum atomic E-state index is 10.1. The van der Waals surface area contributed by atoms with Crippen molar-refractivity contribution in [1.82, 2.24) is 0 Å². The average Bonchev–Trinajstić information content (AvgIpc) is 1.30. The Balaban J connectivity index is 2.71.